The lowest BCUT2D eigenvalue weighted by Crippen LogP contribution is -2.35. The molecule has 2 fully saturated rings. The molecule has 96 valence electrons. The number of nitrogens with zero attached hydrogens (tertiary/aromatic N) is 1. The topological polar surface area (TPSA) is 3.24 Å². The van der Waals surface area contributed by atoms with E-state index in [0.717, 1.165) is 0 Å². The van der Waals surface area contributed by atoms with Crippen LogP contribution in [-0.2, 0) is 0 Å². The lowest BCUT2D eigenvalue weighted by atomic mass is 9.60. The van der Waals surface area contributed by atoms with Gasteiger partial charge < -0.3 is 4.90 Å². The highest BCUT2D eigenvalue weighted by molar-refractivity contribution is 4.89. The summed E-state index contributed by atoms with van der Waals surface area (Å²) in [6, 6.07) is 0. The second kappa shape index (κ2) is 5.53. The van der Waals surface area contributed by atoms with Gasteiger partial charge in [0.25, 0.3) is 0 Å². The lowest BCUT2D eigenvalue weighted by molar-refractivity contribution is 0.0520. The molecule has 0 N–H and O–H groups in total. The van der Waals surface area contributed by atoms with E-state index in [0.29, 0.717) is 10.8 Å². The third-order valence-electron chi connectivity index (χ3n) is 5.02. The zero-order valence-electron chi connectivity index (χ0n) is 12.1. The summed E-state index contributed by atoms with van der Waals surface area (Å²) in [4.78, 5) is 2.36. The Labute approximate surface area is 103 Å². The Morgan fingerprint density at radius 2 is 1.06 bits per heavy atom. The zero-order chi connectivity index (χ0) is 12.2. The van der Waals surface area contributed by atoms with Crippen molar-refractivity contribution in [2.24, 2.45) is 10.8 Å². The monoisotopic (exact) mass is 225 g/mol. The molecule has 1 saturated heterocycles. The molecular formula is C15H31N. The van der Waals surface area contributed by atoms with Crippen molar-refractivity contribution in [1.82, 2.24) is 4.90 Å². The minimum atomic E-state index is 0.575. The molecule has 1 aliphatic heterocycles. The van der Waals surface area contributed by atoms with Gasteiger partial charge in [0.2, 0.25) is 0 Å². The van der Waals surface area contributed by atoms with Crippen molar-refractivity contribution in [3.8, 4) is 0 Å². The van der Waals surface area contributed by atoms with Gasteiger partial charge in [-0.2, -0.15) is 0 Å². The molecule has 0 spiro atoms. The molecule has 0 unspecified atom stereocenters. The van der Waals surface area contributed by atoms with Crippen LogP contribution in [-0.4, -0.2) is 25.0 Å². The van der Waals surface area contributed by atoms with Crippen molar-refractivity contribution in [1.29, 1.82) is 0 Å². The molecule has 0 aromatic rings. The van der Waals surface area contributed by atoms with Gasteiger partial charge in [0.05, 0.1) is 0 Å². The molecule has 1 saturated carbocycles. The predicted octanol–water partition coefficient (Wildman–Crippen LogP) is 4.32. The average molecular weight is 225 g/mol. The minimum Gasteiger partial charge on any atom is -0.306 e. The van der Waals surface area contributed by atoms with Crippen LogP contribution in [0.3, 0.4) is 0 Å². The highest BCUT2D eigenvalue weighted by atomic mass is 15.1. The maximum atomic E-state index is 2.41. The van der Waals surface area contributed by atoms with Crippen LogP contribution in [0.15, 0.2) is 0 Å². The second-order valence-corrected chi connectivity index (χ2v) is 6.99. The Morgan fingerprint density at radius 1 is 0.688 bits per heavy atom. The Balaban J connectivity index is 0.000000181. The van der Waals surface area contributed by atoms with E-state index in [1.165, 1.54) is 51.6 Å². The van der Waals surface area contributed by atoms with Crippen LogP contribution in [0, 0.1) is 10.8 Å². The molecule has 2 rings (SSSR count). The number of likely N-dealkylation sites (tertiary alicyclic amines) is 1. The van der Waals surface area contributed by atoms with Crippen molar-refractivity contribution >= 4 is 0 Å². The van der Waals surface area contributed by atoms with Crippen molar-refractivity contribution < 1.29 is 0 Å². The first-order valence-corrected chi connectivity index (χ1v) is 7.04. The van der Waals surface area contributed by atoms with Gasteiger partial charge in [0.1, 0.15) is 0 Å². The Hall–Kier alpha value is -0.0400. The summed E-state index contributed by atoms with van der Waals surface area (Å²) in [7, 11) is 2.17. The van der Waals surface area contributed by atoms with E-state index in [1.807, 2.05) is 0 Å². The molecule has 2 aliphatic rings. The van der Waals surface area contributed by atoms with Crippen LogP contribution in [0.25, 0.3) is 0 Å². The van der Waals surface area contributed by atoms with Gasteiger partial charge in [-0.05, 0) is 56.7 Å². The fraction of sp³-hybridized carbons (Fsp3) is 1.00. The summed E-state index contributed by atoms with van der Waals surface area (Å²) < 4.78 is 0. The fourth-order valence-electron chi connectivity index (χ4n) is 2.69. The Kier molecular flexibility index (Phi) is 4.85. The van der Waals surface area contributed by atoms with E-state index in [2.05, 4.69) is 39.6 Å². The molecule has 1 heterocycles. The minimum absolute atomic E-state index is 0.575. The summed E-state index contributed by atoms with van der Waals surface area (Å²) in [5, 5.41) is 0. The summed E-state index contributed by atoms with van der Waals surface area (Å²) in [6.45, 7) is 12.3. The van der Waals surface area contributed by atoms with E-state index in [4.69, 9.17) is 0 Å². The smallest absolute Gasteiger partial charge is 0.00213 e. The maximum absolute atomic E-state index is 2.41. The molecule has 1 aliphatic carbocycles. The van der Waals surface area contributed by atoms with Gasteiger partial charge in [-0.25, -0.2) is 0 Å². The van der Waals surface area contributed by atoms with E-state index >= 15 is 0 Å². The van der Waals surface area contributed by atoms with Crippen molar-refractivity contribution in [2.45, 2.75) is 66.2 Å². The molecule has 1 heteroatoms. The SMILES string of the molecule is CC1(C)CCCCC1(C)C.CN1CCCC1. The van der Waals surface area contributed by atoms with E-state index in [9.17, 15) is 0 Å². The molecule has 0 atom stereocenters. The first-order chi connectivity index (χ1) is 7.35. The largest absolute Gasteiger partial charge is 0.306 e. The second-order valence-electron chi connectivity index (χ2n) is 6.99. The molecular weight excluding hydrogens is 194 g/mol. The zero-order valence-corrected chi connectivity index (χ0v) is 12.1. The molecule has 0 aromatic heterocycles. The quantitative estimate of drug-likeness (QED) is 0.593. The summed E-state index contributed by atoms with van der Waals surface area (Å²) in [5.74, 6) is 0. The van der Waals surface area contributed by atoms with E-state index < -0.39 is 0 Å². The van der Waals surface area contributed by atoms with Gasteiger partial charge in [0.15, 0.2) is 0 Å². The van der Waals surface area contributed by atoms with Crippen molar-refractivity contribution in [3.63, 3.8) is 0 Å². The highest BCUT2D eigenvalue weighted by Gasteiger charge is 2.38. The Morgan fingerprint density at radius 3 is 1.25 bits per heavy atom. The maximum Gasteiger partial charge on any atom is -0.00213 e. The third-order valence-corrected chi connectivity index (χ3v) is 5.02. The highest BCUT2D eigenvalue weighted by Crippen LogP contribution is 2.49. The number of rotatable bonds is 0. The van der Waals surface area contributed by atoms with Crippen LogP contribution < -0.4 is 0 Å². The Bertz CT molecular complexity index is 183. The number of hydrogen-bond acceptors (Lipinski definition) is 1. The van der Waals surface area contributed by atoms with E-state index in [-0.39, 0.29) is 0 Å². The van der Waals surface area contributed by atoms with Crippen LogP contribution in [0.1, 0.15) is 66.2 Å². The fourth-order valence-corrected chi connectivity index (χ4v) is 2.69. The van der Waals surface area contributed by atoms with Crippen LogP contribution >= 0.6 is 0 Å². The lowest BCUT2D eigenvalue weighted by Gasteiger charge is -2.45. The normalized spacial score (nSPS) is 28.3. The van der Waals surface area contributed by atoms with Crippen LogP contribution in [0.4, 0.5) is 0 Å². The summed E-state index contributed by atoms with van der Waals surface area (Å²) in [6.07, 6.45) is 8.54. The molecule has 0 aromatic carbocycles. The first-order valence-electron chi connectivity index (χ1n) is 7.04. The van der Waals surface area contributed by atoms with Crippen LogP contribution in [0.5, 0.6) is 0 Å². The molecule has 16 heavy (non-hydrogen) atoms. The molecule has 1 nitrogen and oxygen atoms in total. The van der Waals surface area contributed by atoms with Crippen LogP contribution in [0.2, 0.25) is 0 Å². The van der Waals surface area contributed by atoms with Gasteiger partial charge in [0, 0.05) is 0 Å². The van der Waals surface area contributed by atoms with Gasteiger partial charge in [-0.15, -0.1) is 0 Å². The predicted molar refractivity (Wildman–Crippen MR) is 72.8 cm³/mol. The number of hydrogen-bond donors (Lipinski definition) is 0. The first kappa shape index (κ1) is 14.0. The standard InChI is InChI=1S/C10H20.C5H11N/c1-9(2)7-5-6-8-10(9,3)4;1-6-4-2-3-5-6/h5-8H2,1-4H3;2-5H2,1H3. The molecule has 0 bridgehead atoms. The van der Waals surface area contributed by atoms with Gasteiger partial charge in [-0.1, -0.05) is 40.5 Å². The average Bonchev–Trinajstić information content (AvgIpc) is 2.63. The third kappa shape index (κ3) is 3.76. The molecule has 0 radical (unpaired) electrons. The summed E-state index contributed by atoms with van der Waals surface area (Å²) in [5.41, 5.74) is 1.15. The summed E-state index contributed by atoms with van der Waals surface area (Å²) >= 11 is 0. The van der Waals surface area contributed by atoms with Gasteiger partial charge in [-0.3, -0.25) is 0 Å². The van der Waals surface area contributed by atoms with Crippen molar-refractivity contribution in [3.05, 3.63) is 0 Å². The molecule has 0 amide bonds. The van der Waals surface area contributed by atoms with Gasteiger partial charge >= 0.3 is 0 Å². The van der Waals surface area contributed by atoms with E-state index in [1.54, 1.807) is 0 Å². The van der Waals surface area contributed by atoms with Crippen molar-refractivity contribution in [2.75, 3.05) is 20.1 Å².